The maximum absolute atomic E-state index is 14.3. The molecule has 0 saturated heterocycles. The zero-order valence-corrected chi connectivity index (χ0v) is 14.6. The van der Waals surface area contributed by atoms with Crippen molar-refractivity contribution in [3.63, 3.8) is 0 Å². The van der Waals surface area contributed by atoms with E-state index in [1.165, 1.54) is 13.2 Å². The van der Waals surface area contributed by atoms with Crippen LogP contribution in [0.4, 0.5) is 4.39 Å². The van der Waals surface area contributed by atoms with Crippen LogP contribution in [0.15, 0.2) is 54.3 Å². The minimum Gasteiger partial charge on any atom is -0.497 e. The van der Waals surface area contributed by atoms with Crippen LogP contribution in [0.1, 0.15) is 24.2 Å². The van der Waals surface area contributed by atoms with Gasteiger partial charge in [-0.25, -0.2) is 9.18 Å². The number of aliphatic carboxylic acids is 1. The Morgan fingerprint density at radius 3 is 2.54 bits per heavy atom. The second kappa shape index (κ2) is 9.46. The van der Waals surface area contributed by atoms with E-state index in [-0.39, 0.29) is 19.0 Å². The van der Waals surface area contributed by atoms with Gasteiger partial charge in [0.25, 0.3) is 0 Å². The Labute approximate surface area is 151 Å². The van der Waals surface area contributed by atoms with Crippen LogP contribution in [-0.2, 0) is 9.53 Å². The van der Waals surface area contributed by atoms with Crippen LogP contribution in [0.5, 0.6) is 11.5 Å². The van der Waals surface area contributed by atoms with Crippen molar-refractivity contribution in [3.8, 4) is 11.5 Å². The molecule has 0 fully saturated rings. The molecule has 26 heavy (non-hydrogen) atoms. The fraction of sp³-hybridized carbons (Fsp3) is 0.250. The molecule has 0 aliphatic heterocycles. The monoisotopic (exact) mass is 360 g/mol. The number of alkyl halides is 1. The van der Waals surface area contributed by atoms with Gasteiger partial charge in [-0.05, 0) is 48.4 Å². The topological polar surface area (TPSA) is 65.0 Å². The van der Waals surface area contributed by atoms with Gasteiger partial charge in [-0.1, -0.05) is 24.3 Å². The highest BCUT2D eigenvalue weighted by atomic mass is 19.1. The van der Waals surface area contributed by atoms with E-state index >= 15 is 0 Å². The highest BCUT2D eigenvalue weighted by Gasteiger charge is 2.12. The Kier molecular flexibility index (Phi) is 7.02. The van der Waals surface area contributed by atoms with Gasteiger partial charge in [0.1, 0.15) is 18.1 Å². The molecule has 0 aromatic heterocycles. The number of hydrogen-bond acceptors (Lipinski definition) is 4. The average Bonchev–Trinajstić information content (AvgIpc) is 2.66. The molecule has 2 aromatic carbocycles. The second-order valence-corrected chi connectivity index (χ2v) is 5.37. The van der Waals surface area contributed by atoms with Crippen LogP contribution in [0, 0.1) is 0 Å². The predicted molar refractivity (Wildman–Crippen MR) is 96.0 cm³/mol. The first-order valence-corrected chi connectivity index (χ1v) is 8.12. The lowest BCUT2D eigenvalue weighted by Crippen LogP contribution is -2.06. The van der Waals surface area contributed by atoms with E-state index in [2.05, 4.69) is 0 Å². The molecular weight excluding hydrogens is 339 g/mol. The summed E-state index contributed by atoms with van der Waals surface area (Å²) in [6, 6.07) is 13.4. The third kappa shape index (κ3) is 5.51. The third-order valence-electron chi connectivity index (χ3n) is 3.54. The number of ether oxygens (including phenoxy) is 3. The standard InChI is InChI=1S/C20H21FO5/c1-3-25-19(20(22)23)11-14-7-9-16(10-8-14)26-13-18(21)15-5-4-6-17(12-15)24-2/h4-12,18H,3,13H2,1-2H3,(H,22,23)/b19-11-/t18-/m1/s1. The fourth-order valence-corrected chi connectivity index (χ4v) is 2.23. The third-order valence-corrected chi connectivity index (χ3v) is 3.54. The fourth-order valence-electron chi connectivity index (χ4n) is 2.23. The van der Waals surface area contributed by atoms with Gasteiger partial charge in [0.2, 0.25) is 5.76 Å². The summed E-state index contributed by atoms with van der Waals surface area (Å²) in [5.41, 5.74) is 1.12. The SMILES string of the molecule is CCO/C(=C\c1ccc(OC[C@@H](F)c2cccc(OC)c2)cc1)C(=O)O. The lowest BCUT2D eigenvalue weighted by molar-refractivity contribution is -0.136. The van der Waals surface area contributed by atoms with Crippen molar-refractivity contribution in [2.45, 2.75) is 13.1 Å². The zero-order valence-electron chi connectivity index (χ0n) is 14.6. The Balaban J connectivity index is 1.98. The second-order valence-electron chi connectivity index (χ2n) is 5.37. The van der Waals surface area contributed by atoms with Crippen LogP contribution in [0.2, 0.25) is 0 Å². The first kappa shape index (κ1) is 19.3. The van der Waals surface area contributed by atoms with Gasteiger partial charge in [-0.3, -0.25) is 0 Å². The van der Waals surface area contributed by atoms with E-state index < -0.39 is 12.1 Å². The number of hydrogen-bond donors (Lipinski definition) is 1. The molecule has 2 aromatic rings. The lowest BCUT2D eigenvalue weighted by atomic mass is 10.1. The number of benzene rings is 2. The molecule has 0 aliphatic rings. The smallest absolute Gasteiger partial charge is 0.371 e. The van der Waals surface area contributed by atoms with Crippen molar-refractivity contribution >= 4 is 12.0 Å². The van der Waals surface area contributed by atoms with Crippen molar-refractivity contribution in [3.05, 3.63) is 65.4 Å². The molecule has 0 bridgehead atoms. The number of carboxylic acids is 1. The summed E-state index contributed by atoms with van der Waals surface area (Å²) in [6.45, 7) is 1.84. The van der Waals surface area contributed by atoms with Crippen molar-refractivity contribution in [1.29, 1.82) is 0 Å². The Morgan fingerprint density at radius 2 is 1.92 bits per heavy atom. The maximum atomic E-state index is 14.3. The largest absolute Gasteiger partial charge is 0.497 e. The van der Waals surface area contributed by atoms with Gasteiger partial charge < -0.3 is 19.3 Å². The molecule has 0 saturated carbocycles. The Morgan fingerprint density at radius 1 is 1.19 bits per heavy atom. The van der Waals surface area contributed by atoms with Crippen LogP contribution in [-0.4, -0.2) is 31.4 Å². The molecule has 2 rings (SSSR count). The van der Waals surface area contributed by atoms with E-state index in [1.54, 1.807) is 55.5 Å². The van der Waals surface area contributed by atoms with E-state index in [4.69, 9.17) is 19.3 Å². The molecule has 1 atom stereocenters. The summed E-state index contributed by atoms with van der Waals surface area (Å²) in [7, 11) is 1.53. The normalized spacial score (nSPS) is 12.3. The molecule has 138 valence electrons. The van der Waals surface area contributed by atoms with Crippen molar-refractivity contribution in [1.82, 2.24) is 0 Å². The summed E-state index contributed by atoms with van der Waals surface area (Å²) in [5.74, 6) is -0.195. The summed E-state index contributed by atoms with van der Waals surface area (Å²) < 4.78 is 29.9. The Hall–Kier alpha value is -3.02. The van der Waals surface area contributed by atoms with Crippen molar-refractivity contribution in [2.24, 2.45) is 0 Å². The highest BCUT2D eigenvalue weighted by molar-refractivity contribution is 5.89. The first-order valence-electron chi connectivity index (χ1n) is 8.12. The molecule has 5 nitrogen and oxygen atoms in total. The minimum absolute atomic E-state index is 0.136. The summed E-state index contributed by atoms with van der Waals surface area (Å²) in [4.78, 5) is 11.1. The molecule has 0 aliphatic carbocycles. The number of halogens is 1. The van der Waals surface area contributed by atoms with Gasteiger partial charge in [-0.15, -0.1) is 0 Å². The lowest BCUT2D eigenvalue weighted by Gasteiger charge is -2.12. The molecule has 0 amide bonds. The minimum atomic E-state index is -1.29. The van der Waals surface area contributed by atoms with Gasteiger partial charge in [-0.2, -0.15) is 0 Å². The molecule has 0 unspecified atom stereocenters. The van der Waals surface area contributed by atoms with Gasteiger partial charge in [0, 0.05) is 0 Å². The van der Waals surface area contributed by atoms with Crippen LogP contribution < -0.4 is 9.47 Å². The molecule has 1 N–H and O–H groups in total. The van der Waals surface area contributed by atoms with Crippen molar-refractivity contribution < 1.29 is 28.5 Å². The first-order chi connectivity index (χ1) is 12.5. The molecule has 6 heteroatoms. The van der Waals surface area contributed by atoms with Crippen LogP contribution in [0.25, 0.3) is 6.08 Å². The maximum Gasteiger partial charge on any atom is 0.371 e. The van der Waals surface area contributed by atoms with E-state index in [0.717, 1.165) is 0 Å². The number of carboxylic acid groups (broad SMARTS) is 1. The molecule has 0 radical (unpaired) electrons. The van der Waals surface area contributed by atoms with Gasteiger partial charge in [0.05, 0.1) is 13.7 Å². The number of rotatable bonds is 9. The van der Waals surface area contributed by atoms with Crippen LogP contribution in [0.3, 0.4) is 0 Å². The molecule has 0 spiro atoms. The average molecular weight is 360 g/mol. The number of carbonyl (C=O) groups is 1. The summed E-state index contributed by atoms with van der Waals surface area (Å²) >= 11 is 0. The van der Waals surface area contributed by atoms with E-state index in [9.17, 15) is 9.18 Å². The predicted octanol–water partition coefficient (Wildman–Crippen LogP) is 4.25. The van der Waals surface area contributed by atoms with Gasteiger partial charge >= 0.3 is 5.97 Å². The quantitative estimate of drug-likeness (QED) is 0.535. The van der Waals surface area contributed by atoms with E-state index in [1.807, 2.05) is 0 Å². The highest BCUT2D eigenvalue weighted by Crippen LogP contribution is 2.23. The zero-order chi connectivity index (χ0) is 18.9. The van der Waals surface area contributed by atoms with Gasteiger partial charge in [0.15, 0.2) is 6.17 Å². The summed E-state index contributed by atoms with van der Waals surface area (Å²) in [5, 5.41) is 9.04. The molecule has 0 heterocycles. The van der Waals surface area contributed by atoms with Crippen LogP contribution >= 0.6 is 0 Å². The van der Waals surface area contributed by atoms with Crippen molar-refractivity contribution in [2.75, 3.05) is 20.3 Å². The Bertz CT molecular complexity index is 755. The van der Waals surface area contributed by atoms with E-state index in [0.29, 0.717) is 22.6 Å². The number of methoxy groups -OCH3 is 1. The summed E-state index contributed by atoms with van der Waals surface area (Å²) in [6.07, 6.45) is 0.130. The molecular formula is C20H21FO5.